The molecule has 1 aliphatic rings. The van der Waals surface area contributed by atoms with Gasteiger partial charge in [-0.05, 0) is 11.6 Å². The molecule has 34 heavy (non-hydrogen) atoms. The van der Waals surface area contributed by atoms with Crippen LogP contribution in [0.25, 0.3) is 0 Å². The number of ether oxygens (including phenoxy) is 3. The van der Waals surface area contributed by atoms with Gasteiger partial charge in [0.1, 0.15) is 12.1 Å². The van der Waals surface area contributed by atoms with Crippen molar-refractivity contribution in [2.24, 2.45) is 0 Å². The number of para-hydroxylation sites is 1. The van der Waals surface area contributed by atoms with Crippen molar-refractivity contribution in [1.82, 2.24) is 20.2 Å². The minimum absolute atomic E-state index is 0.313. The van der Waals surface area contributed by atoms with E-state index < -0.39 is 24.1 Å². The minimum atomic E-state index is -0.840. The first-order valence-corrected chi connectivity index (χ1v) is 11.0. The monoisotopic (exact) mass is 464 g/mol. The highest BCUT2D eigenvalue weighted by atomic mass is 16.5. The number of imidazole rings is 1. The zero-order valence-electron chi connectivity index (χ0n) is 19.4. The molecular weight excluding hydrogens is 436 g/mol. The SMILES string of the molecule is COC(=O)[C@H](Cc1ccccc1)NC(=O)N1CCc2[nH]cnc2[C@H]1c1cccc(OC)c1OC. The number of urea groups is 1. The molecule has 2 amide bonds. The van der Waals surface area contributed by atoms with Crippen LogP contribution in [0.2, 0.25) is 0 Å². The van der Waals surface area contributed by atoms with Crippen molar-refractivity contribution < 1.29 is 23.8 Å². The van der Waals surface area contributed by atoms with Crippen molar-refractivity contribution >= 4 is 12.0 Å². The second-order valence-corrected chi connectivity index (χ2v) is 7.91. The summed E-state index contributed by atoms with van der Waals surface area (Å²) in [6.07, 6.45) is 2.54. The van der Waals surface area contributed by atoms with Crippen molar-refractivity contribution in [3.8, 4) is 11.5 Å². The fourth-order valence-electron chi connectivity index (χ4n) is 4.36. The topological polar surface area (TPSA) is 106 Å². The molecule has 0 aliphatic carbocycles. The second kappa shape index (κ2) is 10.3. The molecule has 2 heterocycles. The third kappa shape index (κ3) is 4.54. The van der Waals surface area contributed by atoms with Crippen molar-refractivity contribution in [1.29, 1.82) is 0 Å². The van der Waals surface area contributed by atoms with Gasteiger partial charge in [0.2, 0.25) is 0 Å². The van der Waals surface area contributed by atoms with Gasteiger partial charge < -0.3 is 29.4 Å². The van der Waals surface area contributed by atoms with Gasteiger partial charge in [0, 0.05) is 30.6 Å². The smallest absolute Gasteiger partial charge is 0.328 e. The van der Waals surface area contributed by atoms with Gasteiger partial charge in [-0.15, -0.1) is 0 Å². The molecular formula is C25H28N4O5. The number of nitrogens with zero attached hydrogens (tertiary/aromatic N) is 2. The number of hydrogen-bond acceptors (Lipinski definition) is 6. The van der Waals surface area contributed by atoms with Gasteiger partial charge in [0.15, 0.2) is 11.5 Å². The van der Waals surface area contributed by atoms with E-state index in [4.69, 9.17) is 14.2 Å². The van der Waals surface area contributed by atoms with E-state index in [2.05, 4.69) is 15.3 Å². The molecule has 2 aromatic carbocycles. The normalized spacial score (nSPS) is 15.7. The number of carbonyl (C=O) groups is 2. The molecule has 0 radical (unpaired) electrons. The lowest BCUT2D eigenvalue weighted by molar-refractivity contribution is -0.142. The minimum Gasteiger partial charge on any atom is -0.493 e. The molecule has 178 valence electrons. The van der Waals surface area contributed by atoms with Crippen LogP contribution in [0.1, 0.15) is 28.6 Å². The largest absolute Gasteiger partial charge is 0.493 e. The predicted octanol–water partition coefficient (Wildman–Crippen LogP) is 2.87. The van der Waals surface area contributed by atoms with Crippen LogP contribution in [0.3, 0.4) is 0 Å². The number of esters is 1. The Labute approximate surface area is 198 Å². The van der Waals surface area contributed by atoms with E-state index in [0.717, 1.165) is 22.5 Å². The first-order valence-electron chi connectivity index (χ1n) is 11.0. The molecule has 9 heteroatoms. The van der Waals surface area contributed by atoms with E-state index in [-0.39, 0.29) is 0 Å². The highest BCUT2D eigenvalue weighted by Gasteiger charge is 2.37. The summed E-state index contributed by atoms with van der Waals surface area (Å²) in [6.45, 7) is 0.422. The van der Waals surface area contributed by atoms with Crippen LogP contribution in [-0.2, 0) is 22.4 Å². The number of benzene rings is 2. The quantitative estimate of drug-likeness (QED) is 0.521. The molecule has 4 rings (SSSR count). The molecule has 0 saturated carbocycles. The van der Waals surface area contributed by atoms with Crippen LogP contribution >= 0.6 is 0 Å². The maximum Gasteiger partial charge on any atom is 0.328 e. The number of carbonyl (C=O) groups excluding carboxylic acids is 2. The summed E-state index contributed by atoms with van der Waals surface area (Å²) in [6, 6.07) is 13.3. The van der Waals surface area contributed by atoms with Gasteiger partial charge in [-0.3, -0.25) is 0 Å². The zero-order chi connectivity index (χ0) is 24.1. The number of rotatable bonds is 7. The highest BCUT2D eigenvalue weighted by molar-refractivity contribution is 5.84. The summed E-state index contributed by atoms with van der Waals surface area (Å²) < 4.78 is 16.1. The van der Waals surface area contributed by atoms with Crippen LogP contribution in [0.5, 0.6) is 11.5 Å². The van der Waals surface area contributed by atoms with Crippen LogP contribution in [-0.4, -0.2) is 60.8 Å². The molecule has 9 nitrogen and oxygen atoms in total. The summed E-state index contributed by atoms with van der Waals surface area (Å²) >= 11 is 0. The number of fused-ring (bicyclic) bond motifs is 1. The Morgan fingerprint density at radius 1 is 1.12 bits per heavy atom. The van der Waals surface area contributed by atoms with Gasteiger partial charge in [-0.2, -0.15) is 0 Å². The van der Waals surface area contributed by atoms with E-state index in [1.165, 1.54) is 7.11 Å². The van der Waals surface area contributed by atoms with Gasteiger partial charge in [-0.1, -0.05) is 42.5 Å². The molecule has 0 spiro atoms. The lowest BCUT2D eigenvalue weighted by atomic mass is 9.94. The van der Waals surface area contributed by atoms with Crippen molar-refractivity contribution in [3.63, 3.8) is 0 Å². The number of nitrogens with one attached hydrogen (secondary N) is 2. The maximum absolute atomic E-state index is 13.6. The third-order valence-corrected chi connectivity index (χ3v) is 5.98. The third-order valence-electron chi connectivity index (χ3n) is 5.98. The Kier molecular flexibility index (Phi) is 7.01. The van der Waals surface area contributed by atoms with E-state index in [0.29, 0.717) is 30.9 Å². The lowest BCUT2D eigenvalue weighted by Crippen LogP contribution is -2.52. The molecule has 0 saturated heterocycles. The average Bonchev–Trinajstić information content (AvgIpc) is 3.36. The van der Waals surface area contributed by atoms with Crippen LogP contribution in [0.4, 0.5) is 4.79 Å². The van der Waals surface area contributed by atoms with Crippen LogP contribution in [0.15, 0.2) is 54.9 Å². The molecule has 2 atom stereocenters. The number of H-pyrrole nitrogens is 1. The molecule has 2 N–H and O–H groups in total. The Morgan fingerprint density at radius 3 is 2.62 bits per heavy atom. The fraction of sp³-hybridized carbons (Fsp3) is 0.320. The van der Waals surface area contributed by atoms with Gasteiger partial charge in [0.05, 0.1) is 33.4 Å². The summed E-state index contributed by atoms with van der Waals surface area (Å²) in [7, 11) is 4.44. The van der Waals surface area contributed by atoms with Gasteiger partial charge >= 0.3 is 12.0 Å². The Hall–Kier alpha value is -4.01. The van der Waals surface area contributed by atoms with Gasteiger partial charge in [-0.25, -0.2) is 14.6 Å². The Balaban J connectivity index is 1.68. The number of amides is 2. The van der Waals surface area contributed by atoms with Gasteiger partial charge in [0.25, 0.3) is 0 Å². The van der Waals surface area contributed by atoms with Crippen molar-refractivity contribution in [2.75, 3.05) is 27.9 Å². The van der Waals surface area contributed by atoms with E-state index in [9.17, 15) is 9.59 Å². The summed E-state index contributed by atoms with van der Waals surface area (Å²) in [4.78, 5) is 35.5. The molecule has 0 fully saturated rings. The standard InChI is InChI=1S/C25H28N4O5/c1-32-20-11-7-10-17(23(20)33-2)22-21-18(26-15-27-21)12-13-29(22)25(31)28-19(24(30)34-3)14-16-8-5-4-6-9-16/h4-11,15,19,22H,12-14H2,1-3H3,(H,26,27)(H,28,31)/t19-,22+/m0/s1. The second-order valence-electron chi connectivity index (χ2n) is 7.91. The van der Waals surface area contributed by atoms with Crippen LogP contribution < -0.4 is 14.8 Å². The fourth-order valence-corrected chi connectivity index (χ4v) is 4.36. The number of methoxy groups -OCH3 is 3. The Bertz CT molecular complexity index is 1150. The first kappa shape index (κ1) is 23.2. The molecule has 0 unspecified atom stereocenters. The summed E-state index contributed by atoms with van der Waals surface area (Å²) in [5.41, 5.74) is 3.33. The summed E-state index contributed by atoms with van der Waals surface area (Å²) in [5, 5.41) is 2.88. The summed E-state index contributed by atoms with van der Waals surface area (Å²) in [5.74, 6) is 0.571. The number of aromatic nitrogens is 2. The van der Waals surface area contributed by atoms with E-state index in [1.807, 2.05) is 42.5 Å². The van der Waals surface area contributed by atoms with Crippen molar-refractivity contribution in [2.45, 2.75) is 24.9 Å². The zero-order valence-corrected chi connectivity index (χ0v) is 19.4. The van der Waals surface area contributed by atoms with Crippen LogP contribution in [0, 0.1) is 0 Å². The first-order chi connectivity index (χ1) is 16.6. The molecule has 0 bridgehead atoms. The molecule has 1 aromatic heterocycles. The van der Waals surface area contributed by atoms with Crippen molar-refractivity contribution in [3.05, 3.63) is 77.4 Å². The molecule has 3 aromatic rings. The van der Waals surface area contributed by atoms with E-state index in [1.54, 1.807) is 31.5 Å². The Morgan fingerprint density at radius 2 is 1.91 bits per heavy atom. The average molecular weight is 465 g/mol. The lowest BCUT2D eigenvalue weighted by Gasteiger charge is -2.36. The molecule has 1 aliphatic heterocycles. The highest BCUT2D eigenvalue weighted by Crippen LogP contribution is 2.42. The van der Waals surface area contributed by atoms with E-state index >= 15 is 0 Å². The maximum atomic E-state index is 13.6. The number of hydrogen-bond donors (Lipinski definition) is 2. The predicted molar refractivity (Wildman–Crippen MR) is 125 cm³/mol. The number of aromatic amines is 1.